The first kappa shape index (κ1) is 16.0. The molecule has 1 amide bonds. The van der Waals surface area contributed by atoms with Crippen LogP contribution in [0.5, 0.6) is 0 Å². The Morgan fingerprint density at radius 1 is 1.30 bits per heavy atom. The van der Waals surface area contributed by atoms with E-state index in [-0.39, 0.29) is 24.1 Å². The van der Waals surface area contributed by atoms with E-state index in [9.17, 15) is 14.0 Å². The number of amides is 1. The molecule has 23 heavy (non-hydrogen) atoms. The predicted molar refractivity (Wildman–Crippen MR) is 83.2 cm³/mol. The highest BCUT2D eigenvalue weighted by atomic mass is 19.1. The van der Waals surface area contributed by atoms with E-state index in [2.05, 4.69) is 5.32 Å². The second-order valence-electron chi connectivity index (χ2n) is 6.75. The first-order chi connectivity index (χ1) is 11.0. The molecule has 0 aliphatic heterocycles. The molecule has 2 fully saturated rings. The van der Waals surface area contributed by atoms with Crippen LogP contribution in [-0.2, 0) is 9.53 Å². The number of nitrogens with one attached hydrogen (secondary N) is 1. The van der Waals surface area contributed by atoms with Gasteiger partial charge in [0, 0.05) is 6.04 Å². The molecule has 0 spiro atoms. The lowest BCUT2D eigenvalue weighted by atomic mass is 9.84. The first-order valence-corrected chi connectivity index (χ1v) is 8.25. The van der Waals surface area contributed by atoms with Crippen molar-refractivity contribution in [3.05, 3.63) is 35.6 Å². The smallest absolute Gasteiger partial charge is 0.341 e. The number of ether oxygens (including phenoxy) is 1. The van der Waals surface area contributed by atoms with Crippen LogP contribution in [0.2, 0.25) is 0 Å². The van der Waals surface area contributed by atoms with Crippen LogP contribution in [0.4, 0.5) is 4.39 Å². The summed E-state index contributed by atoms with van der Waals surface area (Å²) in [4.78, 5) is 23.7. The van der Waals surface area contributed by atoms with Crippen molar-refractivity contribution in [3.8, 4) is 0 Å². The zero-order valence-corrected chi connectivity index (χ0v) is 13.3. The molecule has 4 atom stereocenters. The molecule has 0 heterocycles. The van der Waals surface area contributed by atoms with Gasteiger partial charge in [0.25, 0.3) is 5.91 Å². The average molecular weight is 319 g/mol. The van der Waals surface area contributed by atoms with Crippen LogP contribution in [0, 0.1) is 23.6 Å². The van der Waals surface area contributed by atoms with Crippen molar-refractivity contribution in [1.82, 2.24) is 5.32 Å². The molecule has 1 aromatic rings. The molecular formula is C18H22FNO3. The molecule has 3 rings (SSSR count). The zero-order chi connectivity index (χ0) is 16.4. The minimum absolute atomic E-state index is 0.0879. The third-order valence-corrected chi connectivity index (χ3v) is 5.25. The fraction of sp³-hybridized carbons (Fsp3) is 0.556. The molecule has 2 saturated carbocycles. The van der Waals surface area contributed by atoms with Gasteiger partial charge in [-0.2, -0.15) is 0 Å². The lowest BCUT2D eigenvalue weighted by Gasteiger charge is -2.28. The summed E-state index contributed by atoms with van der Waals surface area (Å²) in [6.45, 7) is 1.64. The Balaban J connectivity index is 1.46. The number of carbonyl (C=O) groups excluding carboxylic acids is 2. The summed E-state index contributed by atoms with van der Waals surface area (Å²) in [5, 5.41) is 2.92. The second kappa shape index (κ2) is 6.69. The molecule has 0 aromatic heterocycles. The Labute approximate surface area is 135 Å². The number of hydrogen-bond donors (Lipinski definition) is 1. The van der Waals surface area contributed by atoms with E-state index >= 15 is 0 Å². The van der Waals surface area contributed by atoms with Crippen molar-refractivity contribution in [2.45, 2.75) is 38.6 Å². The number of fused-ring (bicyclic) bond motifs is 2. The summed E-state index contributed by atoms with van der Waals surface area (Å²) in [5.74, 6) is 0.281. The van der Waals surface area contributed by atoms with Gasteiger partial charge in [0.05, 0.1) is 5.56 Å². The molecule has 4 nitrogen and oxygen atoms in total. The Morgan fingerprint density at radius 2 is 2.09 bits per heavy atom. The third-order valence-electron chi connectivity index (χ3n) is 5.25. The van der Waals surface area contributed by atoms with E-state index in [0.717, 1.165) is 11.8 Å². The largest absolute Gasteiger partial charge is 0.452 e. The molecule has 2 bridgehead atoms. The van der Waals surface area contributed by atoms with E-state index < -0.39 is 11.8 Å². The maximum atomic E-state index is 13.5. The van der Waals surface area contributed by atoms with E-state index in [4.69, 9.17) is 4.74 Å². The number of halogens is 1. The monoisotopic (exact) mass is 319 g/mol. The van der Waals surface area contributed by atoms with Crippen LogP contribution < -0.4 is 5.32 Å². The topological polar surface area (TPSA) is 55.4 Å². The second-order valence-corrected chi connectivity index (χ2v) is 6.75. The van der Waals surface area contributed by atoms with Gasteiger partial charge in [-0.25, -0.2) is 9.18 Å². The lowest BCUT2D eigenvalue weighted by Crippen LogP contribution is -2.42. The fourth-order valence-electron chi connectivity index (χ4n) is 4.14. The number of esters is 1. The lowest BCUT2D eigenvalue weighted by molar-refractivity contribution is -0.125. The van der Waals surface area contributed by atoms with Gasteiger partial charge in [0.15, 0.2) is 6.61 Å². The van der Waals surface area contributed by atoms with Crippen molar-refractivity contribution in [2.75, 3.05) is 6.61 Å². The summed E-state index contributed by atoms with van der Waals surface area (Å²) < 4.78 is 18.4. The molecule has 1 N–H and O–H groups in total. The van der Waals surface area contributed by atoms with E-state index in [1.807, 2.05) is 6.92 Å². The van der Waals surface area contributed by atoms with Crippen molar-refractivity contribution in [2.24, 2.45) is 17.8 Å². The summed E-state index contributed by atoms with van der Waals surface area (Å²) >= 11 is 0. The summed E-state index contributed by atoms with van der Waals surface area (Å²) in [5.41, 5.74) is -0.151. The van der Waals surface area contributed by atoms with Crippen LogP contribution in [0.1, 0.15) is 43.0 Å². The Hall–Kier alpha value is -1.91. The zero-order valence-electron chi connectivity index (χ0n) is 13.3. The van der Waals surface area contributed by atoms with Crippen LogP contribution in [-0.4, -0.2) is 24.5 Å². The number of benzene rings is 1. The van der Waals surface area contributed by atoms with E-state index in [1.165, 1.54) is 43.9 Å². The van der Waals surface area contributed by atoms with Gasteiger partial charge in [-0.05, 0) is 56.1 Å². The number of hydrogen-bond acceptors (Lipinski definition) is 3. The number of carbonyl (C=O) groups is 2. The van der Waals surface area contributed by atoms with Gasteiger partial charge in [-0.1, -0.05) is 18.6 Å². The van der Waals surface area contributed by atoms with Crippen LogP contribution >= 0.6 is 0 Å². The molecule has 124 valence electrons. The maximum Gasteiger partial charge on any atom is 0.341 e. The minimum atomic E-state index is -0.814. The van der Waals surface area contributed by atoms with Crippen molar-refractivity contribution >= 4 is 11.9 Å². The average Bonchev–Trinajstić information content (AvgIpc) is 3.16. The minimum Gasteiger partial charge on any atom is -0.452 e. The molecule has 2 aliphatic rings. The Morgan fingerprint density at radius 3 is 2.74 bits per heavy atom. The molecule has 0 radical (unpaired) electrons. The van der Waals surface area contributed by atoms with Gasteiger partial charge < -0.3 is 10.1 Å². The first-order valence-electron chi connectivity index (χ1n) is 8.25. The highest BCUT2D eigenvalue weighted by Gasteiger charge is 2.42. The van der Waals surface area contributed by atoms with E-state index in [1.54, 1.807) is 6.07 Å². The van der Waals surface area contributed by atoms with Crippen molar-refractivity contribution < 1.29 is 18.7 Å². The predicted octanol–water partition coefficient (Wildman–Crippen LogP) is 2.92. The fourth-order valence-corrected chi connectivity index (χ4v) is 4.14. The third kappa shape index (κ3) is 3.54. The molecule has 1 aromatic carbocycles. The molecule has 5 heteroatoms. The molecule has 0 saturated heterocycles. The highest BCUT2D eigenvalue weighted by molar-refractivity contribution is 5.91. The van der Waals surface area contributed by atoms with Gasteiger partial charge >= 0.3 is 5.97 Å². The molecule has 2 aliphatic carbocycles. The van der Waals surface area contributed by atoms with Crippen LogP contribution in [0.15, 0.2) is 24.3 Å². The summed E-state index contributed by atoms with van der Waals surface area (Å²) in [7, 11) is 0. The van der Waals surface area contributed by atoms with Crippen molar-refractivity contribution in [3.63, 3.8) is 0 Å². The van der Waals surface area contributed by atoms with Crippen molar-refractivity contribution in [1.29, 1.82) is 0 Å². The normalized spacial score (nSPS) is 26.8. The van der Waals surface area contributed by atoms with Crippen LogP contribution in [0.3, 0.4) is 0 Å². The highest BCUT2D eigenvalue weighted by Crippen LogP contribution is 2.49. The van der Waals surface area contributed by atoms with Gasteiger partial charge in [-0.15, -0.1) is 0 Å². The molecular weight excluding hydrogens is 297 g/mol. The van der Waals surface area contributed by atoms with Gasteiger partial charge in [0.2, 0.25) is 0 Å². The Kier molecular flexibility index (Phi) is 4.64. The maximum absolute atomic E-state index is 13.5. The van der Waals surface area contributed by atoms with Gasteiger partial charge in [-0.3, -0.25) is 4.79 Å². The quantitative estimate of drug-likeness (QED) is 0.849. The van der Waals surface area contributed by atoms with E-state index in [0.29, 0.717) is 5.92 Å². The SMILES string of the molecule is C[C@H](NC(=O)COC(=O)c1ccccc1F)[C@H]1C[C@H]2CC[C@H]1C2. The Bertz CT molecular complexity index is 604. The molecule has 0 unspecified atom stereocenters. The summed E-state index contributed by atoms with van der Waals surface area (Å²) in [6, 6.07) is 5.67. The number of rotatable bonds is 5. The van der Waals surface area contributed by atoms with Gasteiger partial charge in [0.1, 0.15) is 5.82 Å². The summed E-state index contributed by atoms with van der Waals surface area (Å²) in [6.07, 6.45) is 5.05. The standard InChI is InChI=1S/C18H22FNO3/c1-11(15-9-12-6-7-13(15)8-12)20-17(21)10-23-18(22)14-4-2-3-5-16(14)19/h2-5,11-13,15H,6-10H2,1H3,(H,20,21)/t11-,12-,13-,15+/m0/s1. The van der Waals surface area contributed by atoms with Crippen LogP contribution in [0.25, 0.3) is 0 Å².